The predicted octanol–water partition coefficient (Wildman–Crippen LogP) is 1.65. The highest BCUT2D eigenvalue weighted by Crippen LogP contribution is 2.27. The zero-order valence-electron chi connectivity index (χ0n) is 10.5. The van der Waals surface area contributed by atoms with E-state index in [-0.39, 0.29) is 0 Å². The van der Waals surface area contributed by atoms with Crippen molar-refractivity contribution in [1.82, 2.24) is 34.6 Å². The van der Waals surface area contributed by atoms with Gasteiger partial charge >= 0.3 is 0 Å². The molecule has 0 aromatic carbocycles. The quantitative estimate of drug-likeness (QED) is 0.559. The standard InChI is InChI=1S/C12H9N7S/c1-18-7-9(6-14-18)10-15-16-12-19(10)17-11(20-12)8-3-2-4-13-5-8/h2-7H,1H3. The fourth-order valence-corrected chi connectivity index (χ4v) is 2.77. The van der Waals surface area contributed by atoms with Crippen LogP contribution in [0.3, 0.4) is 0 Å². The van der Waals surface area contributed by atoms with Crippen LogP contribution in [0.15, 0.2) is 36.9 Å². The van der Waals surface area contributed by atoms with Crippen LogP contribution >= 0.6 is 11.3 Å². The number of hydrogen-bond donors (Lipinski definition) is 0. The summed E-state index contributed by atoms with van der Waals surface area (Å²) in [5.41, 5.74) is 1.86. The van der Waals surface area contributed by atoms with E-state index in [0.717, 1.165) is 21.1 Å². The van der Waals surface area contributed by atoms with Gasteiger partial charge in [0, 0.05) is 31.2 Å². The molecule has 0 fully saturated rings. The molecule has 0 spiro atoms. The molecule has 0 unspecified atom stereocenters. The Hall–Kier alpha value is -2.61. The number of nitrogens with zero attached hydrogens (tertiary/aromatic N) is 7. The van der Waals surface area contributed by atoms with E-state index in [9.17, 15) is 0 Å². The molecule has 0 radical (unpaired) electrons. The number of rotatable bonds is 2. The van der Waals surface area contributed by atoms with Crippen molar-refractivity contribution in [3.05, 3.63) is 36.9 Å². The molecule has 0 amide bonds. The van der Waals surface area contributed by atoms with E-state index in [1.165, 1.54) is 11.3 Å². The summed E-state index contributed by atoms with van der Waals surface area (Å²) in [6.07, 6.45) is 7.17. The van der Waals surface area contributed by atoms with Gasteiger partial charge in [-0.25, -0.2) is 0 Å². The van der Waals surface area contributed by atoms with E-state index < -0.39 is 0 Å². The molecule has 4 aromatic rings. The maximum atomic E-state index is 4.56. The van der Waals surface area contributed by atoms with Gasteiger partial charge in [-0.05, 0) is 12.1 Å². The molecule has 8 heteroatoms. The summed E-state index contributed by atoms with van der Waals surface area (Å²) in [4.78, 5) is 4.86. The van der Waals surface area contributed by atoms with E-state index in [0.29, 0.717) is 5.82 Å². The van der Waals surface area contributed by atoms with Gasteiger partial charge in [-0.1, -0.05) is 11.3 Å². The Kier molecular flexibility index (Phi) is 2.36. The molecule has 7 nitrogen and oxygen atoms in total. The molecule has 0 N–H and O–H groups in total. The molecule has 0 atom stereocenters. The molecule has 0 bridgehead atoms. The van der Waals surface area contributed by atoms with Gasteiger partial charge in [0.2, 0.25) is 4.96 Å². The molecule has 0 saturated carbocycles. The van der Waals surface area contributed by atoms with Gasteiger partial charge in [-0.15, -0.1) is 10.2 Å². The van der Waals surface area contributed by atoms with Crippen LogP contribution < -0.4 is 0 Å². The summed E-state index contributed by atoms with van der Waals surface area (Å²) >= 11 is 1.48. The summed E-state index contributed by atoms with van der Waals surface area (Å²) < 4.78 is 3.47. The lowest BCUT2D eigenvalue weighted by Gasteiger charge is -1.93. The highest BCUT2D eigenvalue weighted by Gasteiger charge is 2.15. The number of aryl methyl sites for hydroxylation is 1. The Labute approximate surface area is 117 Å². The Morgan fingerprint density at radius 3 is 2.85 bits per heavy atom. The van der Waals surface area contributed by atoms with Gasteiger partial charge in [-0.2, -0.15) is 14.7 Å². The van der Waals surface area contributed by atoms with E-state index in [4.69, 9.17) is 0 Å². The number of hydrogen-bond acceptors (Lipinski definition) is 6. The second-order valence-electron chi connectivity index (χ2n) is 4.27. The Bertz CT molecular complexity index is 874. The van der Waals surface area contributed by atoms with Crippen molar-refractivity contribution in [2.75, 3.05) is 0 Å². The molecule has 4 heterocycles. The molecule has 0 aliphatic heterocycles. The highest BCUT2D eigenvalue weighted by atomic mass is 32.1. The third-order valence-corrected chi connectivity index (χ3v) is 3.81. The minimum Gasteiger partial charge on any atom is -0.275 e. The average molecular weight is 283 g/mol. The van der Waals surface area contributed by atoms with Crippen LogP contribution in [0.2, 0.25) is 0 Å². The summed E-state index contributed by atoms with van der Waals surface area (Å²) in [7, 11) is 1.86. The first kappa shape index (κ1) is 11.2. The van der Waals surface area contributed by atoms with Gasteiger partial charge in [0.1, 0.15) is 5.01 Å². The summed E-state index contributed by atoms with van der Waals surface area (Å²) in [6.45, 7) is 0. The molecule has 0 saturated heterocycles. The van der Waals surface area contributed by atoms with Gasteiger partial charge in [-0.3, -0.25) is 9.67 Å². The maximum Gasteiger partial charge on any atom is 0.235 e. The van der Waals surface area contributed by atoms with Crippen molar-refractivity contribution in [2.45, 2.75) is 0 Å². The molecular formula is C12H9N7S. The van der Waals surface area contributed by atoms with Crippen molar-refractivity contribution in [3.63, 3.8) is 0 Å². The van der Waals surface area contributed by atoms with Crippen molar-refractivity contribution < 1.29 is 0 Å². The third-order valence-electron chi connectivity index (χ3n) is 2.86. The molecule has 4 rings (SSSR count). The van der Waals surface area contributed by atoms with Gasteiger partial charge in [0.05, 0.1) is 11.8 Å². The fourth-order valence-electron chi connectivity index (χ4n) is 1.94. The summed E-state index contributed by atoms with van der Waals surface area (Å²) in [5, 5.41) is 17.9. The number of fused-ring (bicyclic) bond motifs is 1. The third kappa shape index (κ3) is 1.69. The van der Waals surface area contributed by atoms with Gasteiger partial charge in [0.15, 0.2) is 5.82 Å². The number of pyridine rings is 1. The molecule has 98 valence electrons. The fraction of sp³-hybridized carbons (Fsp3) is 0.0833. The zero-order valence-corrected chi connectivity index (χ0v) is 11.3. The SMILES string of the molecule is Cn1cc(-c2nnc3sc(-c4cccnc4)nn23)cn1. The van der Waals surface area contributed by atoms with Crippen LogP contribution in [-0.4, -0.2) is 34.6 Å². The molecular weight excluding hydrogens is 274 g/mol. The van der Waals surface area contributed by atoms with E-state index in [1.807, 2.05) is 25.4 Å². The normalized spacial score (nSPS) is 11.2. The molecule has 4 aromatic heterocycles. The van der Waals surface area contributed by atoms with Crippen LogP contribution in [0.25, 0.3) is 26.9 Å². The van der Waals surface area contributed by atoms with Gasteiger partial charge in [0.25, 0.3) is 0 Å². The van der Waals surface area contributed by atoms with E-state index in [2.05, 4.69) is 25.4 Å². The second-order valence-corrected chi connectivity index (χ2v) is 5.23. The summed E-state index contributed by atoms with van der Waals surface area (Å²) in [5.74, 6) is 0.694. The molecule has 0 aliphatic rings. The topological polar surface area (TPSA) is 73.8 Å². The van der Waals surface area contributed by atoms with Crippen LogP contribution in [0, 0.1) is 0 Å². The lowest BCUT2D eigenvalue weighted by Crippen LogP contribution is -1.90. The summed E-state index contributed by atoms with van der Waals surface area (Å²) in [6, 6.07) is 3.86. The van der Waals surface area contributed by atoms with Crippen LogP contribution in [-0.2, 0) is 7.05 Å². The van der Waals surface area contributed by atoms with Crippen molar-refractivity contribution in [2.24, 2.45) is 7.05 Å². The molecule has 0 aliphatic carbocycles. The van der Waals surface area contributed by atoms with E-state index >= 15 is 0 Å². The Balaban J connectivity index is 1.87. The van der Waals surface area contributed by atoms with Crippen molar-refractivity contribution in [3.8, 4) is 22.0 Å². The van der Waals surface area contributed by atoms with Gasteiger partial charge < -0.3 is 0 Å². The Morgan fingerprint density at radius 1 is 1.15 bits per heavy atom. The van der Waals surface area contributed by atoms with Crippen molar-refractivity contribution in [1.29, 1.82) is 0 Å². The van der Waals surface area contributed by atoms with Crippen LogP contribution in [0.4, 0.5) is 0 Å². The van der Waals surface area contributed by atoms with Crippen LogP contribution in [0.5, 0.6) is 0 Å². The van der Waals surface area contributed by atoms with Crippen molar-refractivity contribution >= 4 is 16.3 Å². The second kappa shape index (κ2) is 4.20. The van der Waals surface area contributed by atoms with E-state index in [1.54, 1.807) is 27.8 Å². The maximum absolute atomic E-state index is 4.56. The smallest absolute Gasteiger partial charge is 0.235 e. The first-order chi connectivity index (χ1) is 9.81. The lowest BCUT2D eigenvalue weighted by atomic mass is 10.3. The first-order valence-electron chi connectivity index (χ1n) is 5.93. The molecule has 20 heavy (non-hydrogen) atoms. The lowest BCUT2D eigenvalue weighted by molar-refractivity contribution is 0.768. The number of aromatic nitrogens is 7. The zero-order chi connectivity index (χ0) is 13.5. The predicted molar refractivity (Wildman–Crippen MR) is 74.1 cm³/mol. The largest absolute Gasteiger partial charge is 0.275 e. The van der Waals surface area contributed by atoms with Crippen LogP contribution in [0.1, 0.15) is 0 Å². The average Bonchev–Trinajstić information content (AvgIpc) is 3.14. The highest BCUT2D eigenvalue weighted by molar-refractivity contribution is 7.19. The monoisotopic (exact) mass is 283 g/mol. The minimum absolute atomic E-state index is 0.694. The Morgan fingerprint density at radius 2 is 2.10 bits per heavy atom. The minimum atomic E-state index is 0.694. The first-order valence-corrected chi connectivity index (χ1v) is 6.74.